The van der Waals surface area contributed by atoms with E-state index >= 15 is 0 Å². The lowest BCUT2D eigenvalue weighted by Gasteiger charge is -2.11. The molecular weight excluding hydrogens is 367 g/mol. The van der Waals surface area contributed by atoms with Crippen molar-refractivity contribution >= 4 is 40.0 Å². The van der Waals surface area contributed by atoms with Gasteiger partial charge in [-0.1, -0.05) is 11.6 Å². The van der Waals surface area contributed by atoms with Gasteiger partial charge in [0.15, 0.2) is 0 Å². The second kappa shape index (κ2) is 10.8. The molecule has 0 unspecified atom stereocenters. The molecule has 10 heteroatoms. The molecule has 0 spiro atoms. The van der Waals surface area contributed by atoms with Crippen LogP contribution in [-0.2, 0) is 19.5 Å². The van der Waals surface area contributed by atoms with Crippen molar-refractivity contribution in [3.8, 4) is 0 Å². The summed E-state index contributed by atoms with van der Waals surface area (Å²) in [6.45, 7) is 1.77. The van der Waals surface area contributed by atoms with Crippen LogP contribution in [0.25, 0.3) is 0 Å². The van der Waals surface area contributed by atoms with E-state index < -0.39 is 16.0 Å². The summed E-state index contributed by atoms with van der Waals surface area (Å²) in [6, 6.07) is 3.94. The molecule has 1 aromatic rings. The Labute approximate surface area is 147 Å². The van der Waals surface area contributed by atoms with Gasteiger partial charge in [-0.3, -0.25) is 0 Å². The van der Waals surface area contributed by atoms with E-state index in [9.17, 15) is 13.2 Å². The predicted octanol–water partition coefficient (Wildman–Crippen LogP) is 1.06. The molecule has 1 rings (SSSR count). The number of ether oxygens (including phenoxy) is 2. The van der Waals surface area contributed by atoms with Crippen LogP contribution in [0.3, 0.4) is 0 Å². The first kappa shape index (κ1) is 22.1. The highest BCUT2D eigenvalue weighted by Gasteiger charge is 2.23. The third-order valence-electron chi connectivity index (χ3n) is 2.71. The van der Waals surface area contributed by atoms with Crippen LogP contribution in [0.4, 0.5) is 0 Å². The van der Waals surface area contributed by atoms with E-state index in [1.807, 2.05) is 0 Å². The molecule has 0 saturated carbocycles. The lowest BCUT2D eigenvalue weighted by molar-refractivity contribution is 0.0596. The van der Waals surface area contributed by atoms with Crippen molar-refractivity contribution in [1.29, 1.82) is 0 Å². The second-order valence-corrected chi connectivity index (χ2v) is 6.44. The molecule has 0 radical (unpaired) electrons. The number of halogens is 2. The number of benzene rings is 1. The molecule has 0 aliphatic heterocycles. The minimum atomic E-state index is -3.84. The second-order valence-electron chi connectivity index (χ2n) is 4.27. The largest absolute Gasteiger partial charge is 0.465 e. The fourth-order valence-corrected chi connectivity index (χ4v) is 3.03. The van der Waals surface area contributed by atoms with Crippen LogP contribution in [0.2, 0.25) is 5.02 Å². The van der Waals surface area contributed by atoms with Crippen LogP contribution in [0.1, 0.15) is 10.4 Å². The Kier molecular flexibility index (Phi) is 10.4. The molecule has 0 fully saturated rings. The van der Waals surface area contributed by atoms with E-state index in [0.717, 1.165) is 0 Å². The molecule has 23 heavy (non-hydrogen) atoms. The first-order valence-corrected chi connectivity index (χ1v) is 8.35. The standard InChI is InChI=1S/C13H19ClN2O5S.ClH/c1-20-8-7-15-5-6-16-22(18,19)12-4-3-10(14)9-11(12)13(17)21-2;/h3-4,9,15-16H,5-8H2,1-2H3;1H. The number of hydrogen-bond acceptors (Lipinski definition) is 6. The van der Waals surface area contributed by atoms with Crippen molar-refractivity contribution in [2.24, 2.45) is 0 Å². The van der Waals surface area contributed by atoms with Crippen LogP contribution in [-0.4, -0.2) is 54.8 Å². The van der Waals surface area contributed by atoms with Crippen molar-refractivity contribution in [2.45, 2.75) is 4.90 Å². The lowest BCUT2D eigenvalue weighted by Crippen LogP contribution is -2.33. The molecule has 0 atom stereocenters. The SMILES string of the molecule is COCCNCCNS(=O)(=O)c1ccc(Cl)cc1C(=O)OC.Cl. The summed E-state index contributed by atoms with van der Waals surface area (Å²) in [7, 11) is -1.08. The summed E-state index contributed by atoms with van der Waals surface area (Å²) in [5.41, 5.74) is -0.102. The van der Waals surface area contributed by atoms with Crippen LogP contribution in [0.5, 0.6) is 0 Å². The predicted molar refractivity (Wildman–Crippen MR) is 90.0 cm³/mol. The molecule has 132 valence electrons. The number of esters is 1. The molecule has 0 aliphatic carbocycles. The molecule has 1 aromatic carbocycles. The molecule has 0 aliphatic rings. The topological polar surface area (TPSA) is 93.7 Å². The normalized spacial score (nSPS) is 10.9. The molecule has 0 saturated heterocycles. The van der Waals surface area contributed by atoms with Gasteiger partial charge >= 0.3 is 5.97 Å². The first-order valence-electron chi connectivity index (χ1n) is 6.49. The number of carbonyl (C=O) groups excluding carboxylic acids is 1. The lowest BCUT2D eigenvalue weighted by atomic mass is 10.2. The van der Waals surface area contributed by atoms with Crippen LogP contribution in [0, 0.1) is 0 Å². The smallest absolute Gasteiger partial charge is 0.339 e. The Morgan fingerprint density at radius 2 is 1.91 bits per heavy atom. The minimum absolute atomic E-state index is 0. The molecule has 0 aromatic heterocycles. The van der Waals surface area contributed by atoms with Gasteiger partial charge in [0.25, 0.3) is 0 Å². The monoisotopic (exact) mass is 386 g/mol. The summed E-state index contributed by atoms with van der Waals surface area (Å²) in [5.74, 6) is -0.763. The summed E-state index contributed by atoms with van der Waals surface area (Å²) < 4.78 is 36.4. The molecule has 7 nitrogen and oxygen atoms in total. The average Bonchev–Trinajstić information content (AvgIpc) is 2.49. The van der Waals surface area contributed by atoms with E-state index in [1.165, 1.54) is 25.3 Å². The maximum absolute atomic E-state index is 12.3. The van der Waals surface area contributed by atoms with Gasteiger partial charge in [-0.05, 0) is 18.2 Å². The van der Waals surface area contributed by atoms with E-state index in [2.05, 4.69) is 14.8 Å². The van der Waals surface area contributed by atoms with E-state index in [0.29, 0.717) is 19.7 Å². The Morgan fingerprint density at radius 1 is 1.22 bits per heavy atom. The van der Waals surface area contributed by atoms with Crippen LogP contribution in [0.15, 0.2) is 23.1 Å². The quantitative estimate of drug-likeness (QED) is 0.486. The maximum atomic E-state index is 12.3. The van der Waals surface area contributed by atoms with Gasteiger partial charge in [0, 0.05) is 31.8 Å². The Morgan fingerprint density at radius 3 is 2.52 bits per heavy atom. The van der Waals surface area contributed by atoms with Crippen LogP contribution >= 0.6 is 24.0 Å². The van der Waals surface area contributed by atoms with Crippen molar-refractivity contribution in [2.75, 3.05) is 40.5 Å². The molecule has 0 heterocycles. The number of carbonyl (C=O) groups is 1. The summed E-state index contributed by atoms with van der Waals surface area (Å²) in [5, 5.41) is 3.25. The minimum Gasteiger partial charge on any atom is -0.465 e. The molecule has 2 N–H and O–H groups in total. The van der Waals surface area contributed by atoms with Gasteiger partial charge in [0.1, 0.15) is 0 Å². The van der Waals surface area contributed by atoms with E-state index in [-0.39, 0.29) is 34.4 Å². The fourth-order valence-electron chi connectivity index (χ4n) is 1.66. The Balaban J connectivity index is 0.00000484. The molecular formula is C13H20Cl2N2O5S. The molecule has 0 bridgehead atoms. The van der Waals surface area contributed by atoms with Gasteiger partial charge in [-0.15, -0.1) is 12.4 Å². The van der Waals surface area contributed by atoms with E-state index in [1.54, 1.807) is 7.11 Å². The van der Waals surface area contributed by atoms with Crippen molar-refractivity contribution < 1.29 is 22.7 Å². The third-order valence-corrected chi connectivity index (χ3v) is 4.47. The summed E-state index contributed by atoms with van der Waals surface area (Å²) >= 11 is 5.80. The zero-order valence-corrected chi connectivity index (χ0v) is 15.2. The summed E-state index contributed by atoms with van der Waals surface area (Å²) in [6.07, 6.45) is 0. The van der Waals surface area contributed by atoms with Crippen LogP contribution < -0.4 is 10.0 Å². The first-order chi connectivity index (χ1) is 10.4. The number of hydrogen-bond donors (Lipinski definition) is 2. The number of methoxy groups -OCH3 is 2. The summed E-state index contributed by atoms with van der Waals surface area (Å²) in [4.78, 5) is 11.5. The van der Waals surface area contributed by atoms with Crippen molar-refractivity contribution in [3.63, 3.8) is 0 Å². The van der Waals surface area contributed by atoms with Gasteiger partial charge in [0.05, 0.1) is 24.2 Å². The van der Waals surface area contributed by atoms with Crippen molar-refractivity contribution in [1.82, 2.24) is 10.0 Å². The average molecular weight is 387 g/mol. The Hall–Kier alpha value is -0.900. The van der Waals surface area contributed by atoms with Gasteiger partial charge in [-0.2, -0.15) is 0 Å². The fraction of sp³-hybridized carbons (Fsp3) is 0.462. The van der Waals surface area contributed by atoms with Crippen molar-refractivity contribution in [3.05, 3.63) is 28.8 Å². The zero-order chi connectivity index (χ0) is 16.6. The highest BCUT2D eigenvalue weighted by atomic mass is 35.5. The third kappa shape index (κ3) is 7.03. The van der Waals surface area contributed by atoms with Gasteiger partial charge < -0.3 is 14.8 Å². The number of nitrogens with one attached hydrogen (secondary N) is 2. The number of sulfonamides is 1. The van der Waals surface area contributed by atoms with E-state index in [4.69, 9.17) is 16.3 Å². The highest BCUT2D eigenvalue weighted by molar-refractivity contribution is 7.89. The van der Waals surface area contributed by atoms with Gasteiger partial charge in [-0.25, -0.2) is 17.9 Å². The highest BCUT2D eigenvalue weighted by Crippen LogP contribution is 2.21. The Bertz CT molecular complexity index is 610. The molecule has 0 amide bonds. The van der Waals surface area contributed by atoms with Gasteiger partial charge in [0.2, 0.25) is 10.0 Å². The zero-order valence-electron chi connectivity index (χ0n) is 12.8. The number of rotatable bonds is 9. The maximum Gasteiger partial charge on any atom is 0.339 e.